The number of piperazine rings is 1. The van der Waals surface area contributed by atoms with Crippen LogP contribution < -0.4 is 4.90 Å². The van der Waals surface area contributed by atoms with Gasteiger partial charge in [-0.2, -0.15) is 0 Å². The van der Waals surface area contributed by atoms with E-state index in [4.69, 9.17) is 23.2 Å². The molecule has 1 fully saturated rings. The summed E-state index contributed by atoms with van der Waals surface area (Å²) in [5.41, 5.74) is 1.31. The zero-order valence-corrected chi connectivity index (χ0v) is 17.6. The number of aromatic nitrogens is 1. The Morgan fingerprint density at radius 1 is 0.767 bits per heavy atom. The highest BCUT2D eigenvalue weighted by Gasteiger charge is 2.26. The van der Waals surface area contributed by atoms with Gasteiger partial charge in [0.05, 0.1) is 10.6 Å². The Hall–Kier alpha value is -2.89. The molecule has 30 heavy (non-hydrogen) atoms. The second-order valence-corrected chi connectivity index (χ2v) is 7.87. The predicted molar refractivity (Wildman–Crippen MR) is 119 cm³/mol. The third-order valence-corrected chi connectivity index (χ3v) is 5.59. The lowest BCUT2D eigenvalue weighted by molar-refractivity contribution is 0.0742. The summed E-state index contributed by atoms with van der Waals surface area (Å²) in [4.78, 5) is 34.4. The van der Waals surface area contributed by atoms with E-state index in [-0.39, 0.29) is 11.7 Å². The van der Waals surface area contributed by atoms with Crippen LogP contribution in [0.3, 0.4) is 0 Å². The molecule has 4 rings (SSSR count). The number of nitrogens with zero attached hydrogens (tertiary/aromatic N) is 3. The molecule has 152 valence electrons. The molecule has 0 spiro atoms. The highest BCUT2D eigenvalue weighted by Crippen LogP contribution is 2.21. The third-order valence-electron chi connectivity index (χ3n) is 5.11. The van der Waals surface area contributed by atoms with E-state index in [9.17, 15) is 9.59 Å². The van der Waals surface area contributed by atoms with E-state index in [1.54, 1.807) is 65.7 Å². The summed E-state index contributed by atoms with van der Waals surface area (Å²) in [6.45, 7) is 2.42. The van der Waals surface area contributed by atoms with Crippen LogP contribution in [-0.4, -0.2) is 47.8 Å². The van der Waals surface area contributed by atoms with E-state index in [1.807, 2.05) is 6.07 Å². The summed E-state index contributed by atoms with van der Waals surface area (Å²) in [5.74, 6) is 0.501. The number of rotatable bonds is 4. The Kier molecular flexibility index (Phi) is 6.02. The van der Waals surface area contributed by atoms with Crippen molar-refractivity contribution >= 4 is 40.7 Å². The molecule has 1 aliphatic rings. The first-order valence-electron chi connectivity index (χ1n) is 9.58. The summed E-state index contributed by atoms with van der Waals surface area (Å²) in [7, 11) is 0. The topological polar surface area (TPSA) is 53.5 Å². The van der Waals surface area contributed by atoms with Crippen molar-refractivity contribution in [3.8, 4) is 0 Å². The van der Waals surface area contributed by atoms with Crippen LogP contribution in [0, 0.1) is 0 Å². The molecule has 1 aliphatic heterocycles. The number of carbonyl (C=O) groups is 2. The fraction of sp³-hybridized carbons (Fsp3) is 0.174. The first-order chi connectivity index (χ1) is 14.5. The molecule has 0 saturated carbocycles. The molecule has 1 amide bonds. The van der Waals surface area contributed by atoms with Gasteiger partial charge in [-0.15, -0.1) is 0 Å². The Morgan fingerprint density at radius 3 is 2.03 bits per heavy atom. The van der Waals surface area contributed by atoms with Gasteiger partial charge in [-0.3, -0.25) is 9.59 Å². The lowest BCUT2D eigenvalue weighted by Crippen LogP contribution is -2.49. The molecule has 1 aromatic heterocycles. The van der Waals surface area contributed by atoms with Crippen molar-refractivity contribution < 1.29 is 9.59 Å². The molecule has 2 heterocycles. The van der Waals surface area contributed by atoms with E-state index in [1.165, 1.54) is 0 Å². The van der Waals surface area contributed by atoms with E-state index >= 15 is 0 Å². The van der Waals surface area contributed by atoms with Gasteiger partial charge in [0.2, 0.25) is 0 Å². The molecular weight excluding hydrogens is 421 g/mol. The zero-order valence-electron chi connectivity index (χ0n) is 16.1. The molecule has 0 unspecified atom stereocenters. The number of amides is 1. The fourth-order valence-electron chi connectivity index (χ4n) is 3.49. The van der Waals surface area contributed by atoms with Gasteiger partial charge in [-0.05, 0) is 42.5 Å². The van der Waals surface area contributed by atoms with Crippen molar-refractivity contribution in [2.24, 2.45) is 0 Å². The van der Waals surface area contributed by atoms with Crippen LogP contribution in [0.15, 0.2) is 66.9 Å². The van der Waals surface area contributed by atoms with Crippen molar-refractivity contribution in [2.45, 2.75) is 0 Å². The second kappa shape index (κ2) is 8.86. The van der Waals surface area contributed by atoms with Crippen LogP contribution in [0.25, 0.3) is 0 Å². The maximum absolute atomic E-state index is 13.2. The molecule has 0 atom stereocenters. The van der Waals surface area contributed by atoms with Crippen LogP contribution in [0.4, 0.5) is 5.82 Å². The van der Waals surface area contributed by atoms with Gasteiger partial charge in [-0.25, -0.2) is 4.98 Å². The molecule has 5 nitrogen and oxygen atoms in total. The van der Waals surface area contributed by atoms with Gasteiger partial charge in [0.1, 0.15) is 5.82 Å². The number of hydrogen-bond donors (Lipinski definition) is 0. The molecule has 0 radical (unpaired) electrons. The molecule has 2 aromatic carbocycles. The Balaban J connectivity index is 1.50. The number of pyridine rings is 1. The Morgan fingerprint density at radius 2 is 1.40 bits per heavy atom. The average Bonchev–Trinajstić information content (AvgIpc) is 2.79. The smallest absolute Gasteiger partial charge is 0.254 e. The third kappa shape index (κ3) is 4.32. The Bertz CT molecular complexity index is 1060. The Labute approximate surface area is 184 Å². The number of benzene rings is 2. The molecule has 0 bridgehead atoms. The number of hydrogen-bond acceptors (Lipinski definition) is 4. The number of halogens is 2. The minimum Gasteiger partial charge on any atom is -0.353 e. The van der Waals surface area contributed by atoms with Gasteiger partial charge >= 0.3 is 0 Å². The molecule has 0 N–H and O–H groups in total. The van der Waals surface area contributed by atoms with E-state index < -0.39 is 0 Å². The monoisotopic (exact) mass is 439 g/mol. The van der Waals surface area contributed by atoms with Crippen LogP contribution in [0.5, 0.6) is 0 Å². The highest BCUT2D eigenvalue weighted by atomic mass is 35.5. The van der Waals surface area contributed by atoms with Gasteiger partial charge in [0, 0.05) is 48.5 Å². The van der Waals surface area contributed by atoms with E-state index in [2.05, 4.69) is 9.88 Å². The minimum absolute atomic E-state index is 0.142. The molecule has 7 heteroatoms. The summed E-state index contributed by atoms with van der Waals surface area (Å²) in [5, 5.41) is 1.15. The van der Waals surface area contributed by atoms with Crippen molar-refractivity contribution in [1.82, 2.24) is 9.88 Å². The molecule has 0 aliphatic carbocycles. The quantitative estimate of drug-likeness (QED) is 0.558. The van der Waals surface area contributed by atoms with Crippen LogP contribution in [0.2, 0.25) is 10.0 Å². The average molecular weight is 440 g/mol. The lowest BCUT2D eigenvalue weighted by Gasteiger charge is -2.35. The van der Waals surface area contributed by atoms with Crippen molar-refractivity contribution in [3.63, 3.8) is 0 Å². The van der Waals surface area contributed by atoms with Gasteiger partial charge in [0.15, 0.2) is 5.78 Å². The number of ketones is 1. The first kappa shape index (κ1) is 20.4. The summed E-state index contributed by atoms with van der Waals surface area (Å²) < 4.78 is 0. The minimum atomic E-state index is -0.195. The maximum atomic E-state index is 13.2. The molecular formula is C23H19Cl2N3O2. The van der Waals surface area contributed by atoms with Gasteiger partial charge in [-0.1, -0.05) is 41.4 Å². The van der Waals surface area contributed by atoms with E-state index in [0.29, 0.717) is 52.9 Å². The molecule has 3 aromatic rings. The SMILES string of the molecule is O=C(c1ccc(Cl)cc1)c1ccccc1C(=O)N1CCN(c2ccc(Cl)cn2)CC1. The summed E-state index contributed by atoms with van der Waals surface area (Å²) >= 11 is 11.8. The zero-order chi connectivity index (χ0) is 21.1. The fourth-order valence-corrected chi connectivity index (χ4v) is 3.73. The predicted octanol–water partition coefficient (Wildman–Crippen LogP) is 4.58. The number of anilines is 1. The standard InChI is InChI=1S/C23H19Cl2N3O2/c24-17-7-5-16(6-8-17)22(29)19-3-1-2-4-20(19)23(30)28-13-11-27(12-14-28)21-10-9-18(25)15-26-21/h1-10,15H,11-14H2. The largest absolute Gasteiger partial charge is 0.353 e. The second-order valence-electron chi connectivity index (χ2n) is 7.00. The van der Waals surface area contributed by atoms with Crippen LogP contribution in [-0.2, 0) is 0 Å². The molecule has 1 saturated heterocycles. The first-order valence-corrected chi connectivity index (χ1v) is 10.3. The van der Waals surface area contributed by atoms with Gasteiger partial charge < -0.3 is 9.80 Å². The van der Waals surface area contributed by atoms with Crippen LogP contribution >= 0.6 is 23.2 Å². The van der Waals surface area contributed by atoms with Crippen molar-refractivity contribution in [2.75, 3.05) is 31.1 Å². The number of carbonyl (C=O) groups excluding carboxylic acids is 2. The maximum Gasteiger partial charge on any atom is 0.254 e. The summed E-state index contributed by atoms with van der Waals surface area (Å²) in [6.07, 6.45) is 1.62. The van der Waals surface area contributed by atoms with Crippen LogP contribution in [0.1, 0.15) is 26.3 Å². The lowest BCUT2D eigenvalue weighted by atomic mass is 9.97. The van der Waals surface area contributed by atoms with Crippen molar-refractivity contribution in [1.29, 1.82) is 0 Å². The summed E-state index contributed by atoms with van der Waals surface area (Å²) in [6, 6.07) is 17.3. The van der Waals surface area contributed by atoms with Crippen molar-refractivity contribution in [3.05, 3.63) is 93.6 Å². The van der Waals surface area contributed by atoms with Gasteiger partial charge in [0.25, 0.3) is 5.91 Å². The van der Waals surface area contributed by atoms with E-state index in [0.717, 1.165) is 5.82 Å². The highest BCUT2D eigenvalue weighted by molar-refractivity contribution is 6.31. The normalized spacial score (nSPS) is 13.9.